The van der Waals surface area contributed by atoms with Crippen LogP contribution in [-0.2, 0) is 11.0 Å². The van der Waals surface area contributed by atoms with Crippen molar-refractivity contribution in [1.29, 1.82) is 0 Å². The topological polar surface area (TPSA) is 29.1 Å². The summed E-state index contributed by atoms with van der Waals surface area (Å²) in [5.74, 6) is -0.825. The first-order valence-electron chi connectivity index (χ1n) is 6.25. The standard InChI is InChI=1S/C14H21F2NOS/c1-14(2,3)19(18)17-13(12(9-15)10-16)11-7-5-4-6-8-11/h4-8,12-13,17H,9-10H2,1-3H3/t13-,19+/m0/s1. The summed E-state index contributed by atoms with van der Waals surface area (Å²) >= 11 is 0. The number of hydrogen-bond acceptors (Lipinski definition) is 1. The summed E-state index contributed by atoms with van der Waals surface area (Å²) in [5.41, 5.74) is 0.750. The zero-order chi connectivity index (χ0) is 14.5. The maximum Gasteiger partial charge on any atom is 0.0976 e. The third-order valence-electron chi connectivity index (χ3n) is 2.82. The van der Waals surface area contributed by atoms with Gasteiger partial charge in [-0.15, -0.1) is 0 Å². The van der Waals surface area contributed by atoms with Crippen molar-refractivity contribution >= 4 is 11.0 Å². The van der Waals surface area contributed by atoms with E-state index in [0.717, 1.165) is 5.56 Å². The molecule has 0 saturated carbocycles. The third kappa shape index (κ3) is 4.66. The summed E-state index contributed by atoms with van der Waals surface area (Å²) in [4.78, 5) is 0. The van der Waals surface area contributed by atoms with E-state index in [1.807, 2.05) is 26.8 Å². The Balaban J connectivity index is 2.97. The highest BCUT2D eigenvalue weighted by molar-refractivity contribution is 7.84. The summed E-state index contributed by atoms with van der Waals surface area (Å²) < 4.78 is 40.4. The first-order chi connectivity index (χ1) is 8.90. The second-order valence-electron chi connectivity index (χ2n) is 5.46. The molecular formula is C14H21F2NOS. The maximum atomic E-state index is 13.0. The Labute approximate surface area is 116 Å². The van der Waals surface area contributed by atoms with Gasteiger partial charge in [0.1, 0.15) is 0 Å². The van der Waals surface area contributed by atoms with Crippen LogP contribution in [0.15, 0.2) is 30.3 Å². The molecule has 5 heteroatoms. The van der Waals surface area contributed by atoms with E-state index in [0.29, 0.717) is 0 Å². The van der Waals surface area contributed by atoms with Crippen LogP contribution in [0, 0.1) is 5.92 Å². The second kappa shape index (κ2) is 7.10. The molecule has 1 N–H and O–H groups in total. The highest BCUT2D eigenvalue weighted by Crippen LogP contribution is 2.25. The summed E-state index contributed by atoms with van der Waals surface area (Å²) in [7, 11) is -1.38. The Hall–Kier alpha value is -0.810. The minimum Gasteiger partial charge on any atom is -0.251 e. The van der Waals surface area contributed by atoms with Gasteiger partial charge >= 0.3 is 0 Å². The largest absolute Gasteiger partial charge is 0.251 e. The lowest BCUT2D eigenvalue weighted by molar-refractivity contribution is 0.245. The van der Waals surface area contributed by atoms with Crippen molar-refractivity contribution in [1.82, 2.24) is 4.72 Å². The number of nitrogens with one attached hydrogen (secondary N) is 1. The fourth-order valence-corrected chi connectivity index (χ4v) is 2.52. The van der Waals surface area contributed by atoms with E-state index in [2.05, 4.69) is 4.72 Å². The van der Waals surface area contributed by atoms with Crippen molar-refractivity contribution in [3.63, 3.8) is 0 Å². The monoisotopic (exact) mass is 289 g/mol. The van der Waals surface area contributed by atoms with Crippen molar-refractivity contribution in [3.8, 4) is 0 Å². The Morgan fingerprint density at radius 3 is 2.11 bits per heavy atom. The number of benzene rings is 1. The van der Waals surface area contributed by atoms with Crippen LogP contribution in [0.2, 0.25) is 0 Å². The molecule has 0 aromatic heterocycles. The van der Waals surface area contributed by atoms with E-state index in [1.54, 1.807) is 24.3 Å². The second-order valence-corrected chi connectivity index (χ2v) is 7.45. The van der Waals surface area contributed by atoms with Gasteiger partial charge in [0.05, 0.1) is 35.1 Å². The van der Waals surface area contributed by atoms with Crippen LogP contribution in [0.4, 0.5) is 8.78 Å². The van der Waals surface area contributed by atoms with Gasteiger partial charge in [-0.25, -0.2) is 8.93 Å². The van der Waals surface area contributed by atoms with Crippen LogP contribution in [0.1, 0.15) is 32.4 Å². The van der Waals surface area contributed by atoms with E-state index in [-0.39, 0.29) is 0 Å². The van der Waals surface area contributed by atoms with E-state index in [4.69, 9.17) is 0 Å². The molecule has 0 heterocycles. The molecule has 19 heavy (non-hydrogen) atoms. The van der Waals surface area contributed by atoms with E-state index in [9.17, 15) is 13.0 Å². The normalized spacial score (nSPS) is 15.5. The van der Waals surface area contributed by atoms with E-state index < -0.39 is 41.0 Å². The summed E-state index contributed by atoms with van der Waals surface area (Å²) in [5, 5.41) is 0. The van der Waals surface area contributed by atoms with Gasteiger partial charge in [0.15, 0.2) is 0 Å². The van der Waals surface area contributed by atoms with Gasteiger partial charge in [0.2, 0.25) is 0 Å². The molecule has 1 aromatic rings. The fourth-order valence-electron chi connectivity index (χ4n) is 1.61. The Morgan fingerprint density at radius 1 is 1.16 bits per heavy atom. The zero-order valence-electron chi connectivity index (χ0n) is 11.5. The van der Waals surface area contributed by atoms with Crippen LogP contribution < -0.4 is 4.72 Å². The lowest BCUT2D eigenvalue weighted by Gasteiger charge is -2.28. The molecule has 1 rings (SSSR count). The Kier molecular flexibility index (Phi) is 6.07. The van der Waals surface area contributed by atoms with Gasteiger partial charge < -0.3 is 0 Å². The predicted molar refractivity (Wildman–Crippen MR) is 75.7 cm³/mol. The van der Waals surface area contributed by atoms with Crippen molar-refractivity contribution in [2.45, 2.75) is 31.6 Å². The van der Waals surface area contributed by atoms with E-state index in [1.165, 1.54) is 0 Å². The summed E-state index contributed by atoms with van der Waals surface area (Å²) in [6.45, 7) is 3.88. The zero-order valence-corrected chi connectivity index (χ0v) is 12.3. The van der Waals surface area contributed by atoms with Crippen LogP contribution in [0.25, 0.3) is 0 Å². The summed E-state index contributed by atoms with van der Waals surface area (Å²) in [6, 6.07) is 8.43. The minimum absolute atomic E-state index is 0.482. The first-order valence-corrected chi connectivity index (χ1v) is 7.40. The molecule has 0 saturated heterocycles. The highest BCUT2D eigenvalue weighted by atomic mass is 32.2. The molecule has 2 atom stereocenters. The number of hydrogen-bond donors (Lipinski definition) is 1. The lowest BCUT2D eigenvalue weighted by atomic mass is 9.96. The van der Waals surface area contributed by atoms with Gasteiger partial charge in [-0.1, -0.05) is 30.3 Å². The fraction of sp³-hybridized carbons (Fsp3) is 0.571. The SMILES string of the molecule is CC(C)(C)[S@@](=O)N[C@@H](c1ccccc1)C(CF)CF. The van der Waals surface area contributed by atoms with Gasteiger partial charge in [0.25, 0.3) is 0 Å². The maximum absolute atomic E-state index is 13.0. The van der Waals surface area contributed by atoms with Crippen molar-refractivity contribution < 1.29 is 13.0 Å². The number of halogens is 2. The molecule has 0 fully saturated rings. The number of alkyl halides is 2. The molecule has 0 bridgehead atoms. The smallest absolute Gasteiger partial charge is 0.0976 e. The molecule has 0 aliphatic rings. The average Bonchev–Trinajstić information content (AvgIpc) is 2.38. The molecule has 0 unspecified atom stereocenters. The minimum atomic E-state index is -1.38. The molecular weight excluding hydrogens is 268 g/mol. The first kappa shape index (κ1) is 16.2. The third-order valence-corrected chi connectivity index (χ3v) is 4.40. The average molecular weight is 289 g/mol. The lowest BCUT2D eigenvalue weighted by Crippen LogP contribution is -2.39. The van der Waals surface area contributed by atoms with Crippen LogP contribution >= 0.6 is 0 Å². The Bertz CT molecular complexity index is 402. The molecule has 0 aliphatic carbocycles. The molecule has 0 spiro atoms. The van der Waals surface area contributed by atoms with Gasteiger partial charge in [-0.05, 0) is 26.3 Å². The Morgan fingerprint density at radius 2 is 1.68 bits per heavy atom. The van der Waals surface area contributed by atoms with Crippen molar-refractivity contribution in [2.24, 2.45) is 5.92 Å². The molecule has 0 amide bonds. The van der Waals surface area contributed by atoms with Crippen molar-refractivity contribution in [2.75, 3.05) is 13.3 Å². The molecule has 0 aliphatic heterocycles. The number of rotatable bonds is 6. The van der Waals surface area contributed by atoms with Crippen molar-refractivity contribution in [3.05, 3.63) is 35.9 Å². The van der Waals surface area contributed by atoms with E-state index >= 15 is 0 Å². The summed E-state index contributed by atoms with van der Waals surface area (Å²) in [6.07, 6.45) is 0. The predicted octanol–water partition coefficient (Wildman–Crippen LogP) is 3.33. The highest BCUT2D eigenvalue weighted by Gasteiger charge is 2.29. The molecule has 108 valence electrons. The van der Waals surface area contributed by atoms with Crippen LogP contribution in [0.5, 0.6) is 0 Å². The van der Waals surface area contributed by atoms with Crippen LogP contribution in [-0.4, -0.2) is 22.3 Å². The van der Waals surface area contributed by atoms with Crippen LogP contribution in [0.3, 0.4) is 0 Å². The molecule has 0 radical (unpaired) electrons. The molecule has 1 aromatic carbocycles. The van der Waals surface area contributed by atoms with Gasteiger partial charge in [-0.2, -0.15) is 0 Å². The van der Waals surface area contributed by atoms with Gasteiger partial charge in [0, 0.05) is 5.92 Å². The van der Waals surface area contributed by atoms with Gasteiger partial charge in [-0.3, -0.25) is 8.78 Å². The molecule has 2 nitrogen and oxygen atoms in total. The quantitative estimate of drug-likeness (QED) is 0.855.